The zero-order valence-electron chi connectivity index (χ0n) is 15.2. The number of carbonyl (C=O) groups excluding carboxylic acids is 1. The van der Waals surface area contributed by atoms with Crippen LogP contribution in [0.5, 0.6) is 11.5 Å². The number of hydrogen-bond donors (Lipinski definition) is 0. The van der Waals surface area contributed by atoms with E-state index >= 15 is 0 Å². The molecule has 0 N–H and O–H groups in total. The molecule has 0 aromatic heterocycles. The van der Waals surface area contributed by atoms with Gasteiger partial charge in [0.2, 0.25) is 5.75 Å². The van der Waals surface area contributed by atoms with Crippen molar-refractivity contribution in [3.63, 3.8) is 0 Å². The normalized spacial score (nSPS) is 10.3. The molecule has 10 heteroatoms. The smallest absolute Gasteiger partial charge is 0.338 e. The maximum atomic E-state index is 12.3. The van der Waals surface area contributed by atoms with Crippen molar-refractivity contribution in [1.29, 1.82) is 0 Å². The fourth-order valence-corrected chi connectivity index (χ4v) is 2.75. The molecule has 0 saturated carbocycles. The number of halogens is 1. The first kappa shape index (κ1) is 20.7. The molecule has 9 nitrogen and oxygen atoms in total. The van der Waals surface area contributed by atoms with E-state index in [-0.39, 0.29) is 40.1 Å². The van der Waals surface area contributed by atoms with Gasteiger partial charge >= 0.3 is 11.7 Å². The Hall–Kier alpha value is -3.98. The van der Waals surface area contributed by atoms with Gasteiger partial charge in [0, 0.05) is 18.2 Å². The highest BCUT2D eigenvalue weighted by Crippen LogP contribution is 2.37. The minimum atomic E-state index is -0.694. The molecule has 0 unspecified atom stereocenters. The van der Waals surface area contributed by atoms with E-state index < -0.39 is 15.8 Å². The van der Waals surface area contributed by atoms with E-state index in [0.29, 0.717) is 5.56 Å². The molecule has 0 atom stereocenters. The summed E-state index contributed by atoms with van der Waals surface area (Å²) >= 11 is 6.01. The molecule has 0 aliphatic heterocycles. The summed E-state index contributed by atoms with van der Waals surface area (Å²) in [6, 6.07) is 15.7. The molecule has 0 saturated heterocycles. The summed E-state index contributed by atoms with van der Waals surface area (Å²) in [6.45, 7) is -0.165. The summed E-state index contributed by atoms with van der Waals surface area (Å²) in [5.74, 6) is -0.692. The van der Waals surface area contributed by atoms with Crippen molar-refractivity contribution in [3.05, 3.63) is 103 Å². The Labute approximate surface area is 174 Å². The number of rotatable bonds is 7. The molecule has 0 spiro atoms. The average molecular weight is 429 g/mol. The van der Waals surface area contributed by atoms with Crippen LogP contribution in [0.3, 0.4) is 0 Å². The van der Waals surface area contributed by atoms with Gasteiger partial charge < -0.3 is 9.47 Å². The highest BCUT2D eigenvalue weighted by Gasteiger charge is 2.19. The third kappa shape index (κ3) is 4.89. The van der Waals surface area contributed by atoms with Crippen LogP contribution in [0.4, 0.5) is 11.4 Å². The Balaban J connectivity index is 1.74. The Kier molecular flexibility index (Phi) is 6.23. The molecule has 3 aromatic rings. The number of nitro groups is 2. The highest BCUT2D eigenvalue weighted by atomic mass is 35.5. The second-order valence-electron chi connectivity index (χ2n) is 5.98. The predicted octanol–water partition coefficient (Wildman–Crippen LogP) is 5.31. The number of para-hydroxylation sites is 1. The number of carbonyl (C=O) groups is 1. The fourth-order valence-electron chi connectivity index (χ4n) is 2.54. The quantitative estimate of drug-likeness (QED) is 0.284. The van der Waals surface area contributed by atoms with Crippen molar-refractivity contribution >= 4 is 28.9 Å². The zero-order valence-corrected chi connectivity index (χ0v) is 15.9. The standard InChI is InChI=1S/C20H13ClN2O7/c21-17-8-3-9-18(23(27)28)19(17)30-16-7-2-5-14(11-16)20(24)29-12-13-4-1-6-15(10-13)22(25)26/h1-11H,12H2. The van der Waals surface area contributed by atoms with Gasteiger partial charge in [-0.15, -0.1) is 0 Å². The largest absolute Gasteiger partial charge is 0.457 e. The maximum absolute atomic E-state index is 12.3. The molecule has 30 heavy (non-hydrogen) atoms. The molecule has 0 bridgehead atoms. The van der Waals surface area contributed by atoms with Gasteiger partial charge in [-0.2, -0.15) is 0 Å². The Morgan fingerprint density at radius 2 is 1.67 bits per heavy atom. The number of non-ortho nitro benzene ring substituents is 1. The second kappa shape index (κ2) is 9.01. The minimum Gasteiger partial charge on any atom is -0.457 e. The monoisotopic (exact) mass is 428 g/mol. The molecule has 152 valence electrons. The molecule has 0 heterocycles. The van der Waals surface area contributed by atoms with Crippen LogP contribution in [0.2, 0.25) is 5.02 Å². The molecule has 0 fully saturated rings. The fraction of sp³-hybridized carbons (Fsp3) is 0.0500. The summed E-state index contributed by atoms with van der Waals surface area (Å²) in [5.41, 5.74) is 0.158. The van der Waals surface area contributed by atoms with Gasteiger partial charge in [0.15, 0.2) is 0 Å². The van der Waals surface area contributed by atoms with Crippen molar-refractivity contribution in [3.8, 4) is 11.5 Å². The molecule has 3 aromatic carbocycles. The van der Waals surface area contributed by atoms with Gasteiger partial charge in [0.1, 0.15) is 12.4 Å². The molecular weight excluding hydrogens is 416 g/mol. The number of nitro benzene ring substituents is 2. The number of hydrogen-bond acceptors (Lipinski definition) is 7. The van der Waals surface area contributed by atoms with Crippen molar-refractivity contribution < 1.29 is 24.1 Å². The summed E-state index contributed by atoms with van der Waals surface area (Å²) in [6.07, 6.45) is 0. The Bertz CT molecular complexity index is 1130. The van der Waals surface area contributed by atoms with Crippen LogP contribution in [-0.2, 0) is 11.3 Å². The molecule has 0 aliphatic carbocycles. The lowest BCUT2D eigenvalue weighted by Crippen LogP contribution is -2.05. The third-order valence-corrected chi connectivity index (χ3v) is 4.22. The number of esters is 1. The summed E-state index contributed by atoms with van der Waals surface area (Å²) in [5, 5.41) is 22.0. The van der Waals surface area contributed by atoms with Gasteiger partial charge in [-0.1, -0.05) is 35.9 Å². The van der Waals surface area contributed by atoms with Crippen LogP contribution < -0.4 is 4.74 Å². The zero-order chi connectivity index (χ0) is 21.7. The van der Waals surface area contributed by atoms with Gasteiger partial charge in [0.25, 0.3) is 5.69 Å². The molecule has 3 rings (SSSR count). The lowest BCUT2D eigenvalue weighted by Gasteiger charge is -2.10. The number of nitrogens with zero attached hydrogens (tertiary/aromatic N) is 2. The lowest BCUT2D eigenvalue weighted by atomic mass is 10.2. The van der Waals surface area contributed by atoms with Crippen LogP contribution in [0, 0.1) is 20.2 Å². The summed E-state index contributed by atoms with van der Waals surface area (Å²) in [7, 11) is 0. The van der Waals surface area contributed by atoms with Gasteiger partial charge in [-0.3, -0.25) is 20.2 Å². The van der Waals surface area contributed by atoms with Crippen LogP contribution in [-0.4, -0.2) is 15.8 Å². The van der Waals surface area contributed by atoms with E-state index in [9.17, 15) is 25.0 Å². The van der Waals surface area contributed by atoms with Gasteiger partial charge in [-0.05, 0) is 29.8 Å². The first-order chi connectivity index (χ1) is 14.3. The SMILES string of the molecule is O=C(OCc1cccc([N+](=O)[O-])c1)c1cccc(Oc2c(Cl)cccc2[N+](=O)[O-])c1. The first-order valence-corrected chi connectivity index (χ1v) is 8.84. The summed E-state index contributed by atoms with van der Waals surface area (Å²) < 4.78 is 10.7. The van der Waals surface area contributed by atoms with Crippen LogP contribution in [0.15, 0.2) is 66.7 Å². The van der Waals surface area contributed by atoms with Crippen molar-refractivity contribution in [2.75, 3.05) is 0 Å². The first-order valence-electron chi connectivity index (χ1n) is 8.46. The molecule has 0 aliphatic rings. The highest BCUT2D eigenvalue weighted by molar-refractivity contribution is 6.32. The molecular formula is C20H13ClN2O7. The average Bonchev–Trinajstić information content (AvgIpc) is 2.73. The van der Waals surface area contributed by atoms with Crippen molar-refractivity contribution in [1.82, 2.24) is 0 Å². The lowest BCUT2D eigenvalue weighted by molar-refractivity contribution is -0.385. The number of ether oxygens (including phenoxy) is 2. The summed E-state index contributed by atoms with van der Waals surface area (Å²) in [4.78, 5) is 33.2. The number of benzene rings is 3. The Morgan fingerprint density at radius 3 is 2.40 bits per heavy atom. The molecule has 0 radical (unpaired) electrons. The minimum absolute atomic E-state index is 0.0443. The van der Waals surface area contributed by atoms with Crippen LogP contribution >= 0.6 is 11.6 Å². The van der Waals surface area contributed by atoms with Crippen molar-refractivity contribution in [2.45, 2.75) is 6.61 Å². The van der Waals surface area contributed by atoms with Crippen LogP contribution in [0.1, 0.15) is 15.9 Å². The molecule has 0 amide bonds. The Morgan fingerprint density at radius 1 is 0.933 bits per heavy atom. The van der Waals surface area contributed by atoms with E-state index in [1.165, 1.54) is 60.7 Å². The van der Waals surface area contributed by atoms with E-state index in [0.717, 1.165) is 0 Å². The van der Waals surface area contributed by atoms with Crippen LogP contribution in [0.25, 0.3) is 0 Å². The van der Waals surface area contributed by atoms with E-state index in [1.807, 2.05) is 0 Å². The predicted molar refractivity (Wildman–Crippen MR) is 107 cm³/mol. The van der Waals surface area contributed by atoms with Crippen molar-refractivity contribution in [2.24, 2.45) is 0 Å². The van der Waals surface area contributed by atoms with E-state index in [4.69, 9.17) is 21.1 Å². The third-order valence-electron chi connectivity index (χ3n) is 3.92. The second-order valence-corrected chi connectivity index (χ2v) is 6.39. The van der Waals surface area contributed by atoms with E-state index in [1.54, 1.807) is 6.07 Å². The van der Waals surface area contributed by atoms with E-state index in [2.05, 4.69) is 0 Å². The maximum Gasteiger partial charge on any atom is 0.338 e. The van der Waals surface area contributed by atoms with Gasteiger partial charge in [0.05, 0.1) is 20.4 Å². The topological polar surface area (TPSA) is 122 Å². The van der Waals surface area contributed by atoms with Gasteiger partial charge in [-0.25, -0.2) is 4.79 Å².